The van der Waals surface area contributed by atoms with Crippen molar-refractivity contribution >= 4 is 29.5 Å². The van der Waals surface area contributed by atoms with Crippen LogP contribution in [0.1, 0.15) is 80.1 Å². The summed E-state index contributed by atoms with van der Waals surface area (Å²) in [5, 5.41) is 19.9. The fraction of sp³-hybridized carbons (Fsp3) is 0.792. The molecule has 0 radical (unpaired) electrons. The van der Waals surface area contributed by atoms with Gasteiger partial charge in [-0.15, -0.1) is 0 Å². The molecule has 0 aliphatic carbocycles. The third kappa shape index (κ3) is 13.9. The summed E-state index contributed by atoms with van der Waals surface area (Å²) < 4.78 is 0. The molecule has 0 aromatic heterocycles. The average molecular weight is 485 g/mol. The molecule has 1 unspecified atom stereocenters. The minimum Gasteiger partial charge on any atom is -0.481 e. The fourth-order valence-electron chi connectivity index (χ4n) is 3.31. The van der Waals surface area contributed by atoms with Crippen molar-refractivity contribution in [2.45, 2.75) is 98.2 Å². The molecule has 0 saturated carbocycles. The van der Waals surface area contributed by atoms with Crippen LogP contribution in [0.4, 0.5) is 0 Å². The Kier molecular flexibility index (Phi) is 15.8. The summed E-state index contributed by atoms with van der Waals surface area (Å²) in [4.78, 5) is 59.7. The van der Waals surface area contributed by atoms with Gasteiger partial charge < -0.3 is 26.4 Å². The minimum absolute atomic E-state index is 0.0733. The van der Waals surface area contributed by atoms with E-state index < -0.39 is 24.0 Å². The lowest BCUT2D eigenvalue weighted by Gasteiger charge is -2.26. The number of carboxylic acid groups (broad SMARTS) is 1. The first-order valence-electron chi connectivity index (χ1n) is 12.2. The summed E-state index contributed by atoms with van der Waals surface area (Å²) in [5.41, 5.74) is 0. The van der Waals surface area contributed by atoms with Gasteiger partial charge in [-0.3, -0.25) is 24.0 Å². The zero-order valence-corrected chi connectivity index (χ0v) is 21.5. The molecule has 10 nitrogen and oxygen atoms in total. The van der Waals surface area contributed by atoms with Crippen LogP contribution in [0.5, 0.6) is 0 Å². The Morgan fingerprint density at radius 1 is 0.853 bits per heavy atom. The molecule has 3 atom stereocenters. The van der Waals surface area contributed by atoms with Gasteiger partial charge in [-0.25, -0.2) is 0 Å². The van der Waals surface area contributed by atoms with Gasteiger partial charge in [0.25, 0.3) is 0 Å². The molecule has 0 bridgehead atoms. The van der Waals surface area contributed by atoms with Crippen LogP contribution in [0.15, 0.2) is 0 Å². The van der Waals surface area contributed by atoms with Crippen LogP contribution in [0.25, 0.3) is 0 Å². The number of ketones is 1. The smallest absolute Gasteiger partial charge is 0.303 e. The largest absolute Gasteiger partial charge is 0.481 e. The summed E-state index contributed by atoms with van der Waals surface area (Å²) in [5.74, 6) is -2.28. The highest BCUT2D eigenvalue weighted by molar-refractivity contribution is 5.92. The fourth-order valence-corrected chi connectivity index (χ4v) is 3.31. The van der Waals surface area contributed by atoms with Gasteiger partial charge in [0.15, 0.2) is 5.78 Å². The molecule has 0 aromatic rings. The van der Waals surface area contributed by atoms with E-state index >= 15 is 0 Å². The maximum absolute atomic E-state index is 12.6. The van der Waals surface area contributed by atoms with Gasteiger partial charge in [0.05, 0.1) is 25.0 Å². The molecular weight excluding hydrogens is 440 g/mol. The molecule has 5 N–H and O–H groups in total. The number of Topliss-reactive ketones (excluding diaryl/α,β-unsaturated/α-hetero) is 1. The van der Waals surface area contributed by atoms with E-state index in [-0.39, 0.29) is 54.9 Å². The molecule has 0 rings (SSSR count). The van der Waals surface area contributed by atoms with Crippen LogP contribution in [0, 0.1) is 11.8 Å². The Morgan fingerprint density at radius 2 is 1.50 bits per heavy atom. The molecule has 0 fully saturated rings. The number of rotatable bonds is 18. The van der Waals surface area contributed by atoms with Gasteiger partial charge in [0.2, 0.25) is 17.7 Å². The van der Waals surface area contributed by atoms with Crippen molar-refractivity contribution in [1.82, 2.24) is 21.3 Å². The second-order valence-electron chi connectivity index (χ2n) is 9.32. The molecule has 0 aromatic carbocycles. The second-order valence-corrected chi connectivity index (χ2v) is 9.32. The molecule has 0 aliphatic rings. The number of carbonyl (C=O) groups is 5. The molecule has 10 heteroatoms. The molecule has 196 valence electrons. The lowest BCUT2D eigenvalue weighted by atomic mass is 9.97. The van der Waals surface area contributed by atoms with Crippen molar-refractivity contribution in [1.29, 1.82) is 0 Å². The van der Waals surface area contributed by atoms with Crippen molar-refractivity contribution in [3.8, 4) is 0 Å². The minimum atomic E-state index is -1.02. The number of hydrogen-bond donors (Lipinski definition) is 5. The molecule has 34 heavy (non-hydrogen) atoms. The summed E-state index contributed by atoms with van der Waals surface area (Å²) in [6, 6.07) is -0.962. The first kappa shape index (κ1) is 31.5. The van der Waals surface area contributed by atoms with Crippen molar-refractivity contribution in [2.75, 3.05) is 13.1 Å². The summed E-state index contributed by atoms with van der Waals surface area (Å²) in [7, 11) is 0. The van der Waals surface area contributed by atoms with Crippen LogP contribution in [-0.2, 0) is 24.0 Å². The van der Waals surface area contributed by atoms with E-state index in [1.165, 1.54) is 0 Å². The predicted molar refractivity (Wildman–Crippen MR) is 130 cm³/mol. The lowest BCUT2D eigenvalue weighted by Crippen LogP contribution is -2.53. The maximum atomic E-state index is 12.6. The third-order valence-electron chi connectivity index (χ3n) is 5.49. The first-order chi connectivity index (χ1) is 15.9. The van der Waals surface area contributed by atoms with Crippen LogP contribution in [-0.4, -0.2) is 65.8 Å². The van der Waals surface area contributed by atoms with Gasteiger partial charge in [-0.2, -0.15) is 0 Å². The number of hydrogen-bond acceptors (Lipinski definition) is 6. The number of aliphatic carboxylic acids is 1. The monoisotopic (exact) mass is 484 g/mol. The standard InChI is InChI=1S/C24H44N4O6/c1-7-17(6)22(27-16(4)5)24(34)26-14-20(30)28-18(23(33)15(2)3)10-8-9-13-25-19(29)11-12-21(31)32/h15-18,22,27H,7-14H2,1-6H3,(H,25,29)(H,26,34)(H,28,30)(H,31,32)/t17?,18-,22-/m0/s1. The summed E-state index contributed by atoms with van der Waals surface area (Å²) in [6.07, 6.45) is 2.11. The van der Waals surface area contributed by atoms with Crippen molar-refractivity contribution in [2.24, 2.45) is 11.8 Å². The number of amides is 3. The Balaban J connectivity index is 4.66. The van der Waals surface area contributed by atoms with Crippen LogP contribution >= 0.6 is 0 Å². The topological polar surface area (TPSA) is 154 Å². The highest BCUT2D eigenvalue weighted by atomic mass is 16.4. The van der Waals surface area contributed by atoms with E-state index in [0.29, 0.717) is 25.8 Å². The molecule has 3 amide bonds. The quantitative estimate of drug-likeness (QED) is 0.184. The van der Waals surface area contributed by atoms with Gasteiger partial charge in [0, 0.05) is 24.9 Å². The predicted octanol–water partition coefficient (Wildman–Crippen LogP) is 1.38. The van der Waals surface area contributed by atoms with Crippen LogP contribution in [0.2, 0.25) is 0 Å². The third-order valence-corrected chi connectivity index (χ3v) is 5.49. The molecule has 0 aliphatic heterocycles. The van der Waals surface area contributed by atoms with E-state index in [2.05, 4.69) is 21.3 Å². The number of unbranched alkanes of at least 4 members (excludes halogenated alkanes) is 1. The van der Waals surface area contributed by atoms with Gasteiger partial charge in [-0.05, 0) is 25.2 Å². The summed E-state index contributed by atoms with van der Waals surface area (Å²) in [6.45, 7) is 11.6. The van der Waals surface area contributed by atoms with Gasteiger partial charge in [0.1, 0.15) is 0 Å². The zero-order valence-electron chi connectivity index (χ0n) is 21.5. The van der Waals surface area contributed by atoms with E-state index in [1.807, 2.05) is 27.7 Å². The number of carbonyl (C=O) groups excluding carboxylic acids is 4. The van der Waals surface area contributed by atoms with Gasteiger partial charge >= 0.3 is 5.97 Å². The van der Waals surface area contributed by atoms with Crippen LogP contribution in [0.3, 0.4) is 0 Å². The number of carboxylic acids is 1. The Hall–Kier alpha value is -2.49. The molecular formula is C24H44N4O6. The molecule has 0 heterocycles. The second kappa shape index (κ2) is 17.0. The Labute approximate surface area is 203 Å². The molecule has 0 spiro atoms. The van der Waals surface area contributed by atoms with Crippen molar-refractivity contribution < 1.29 is 29.1 Å². The first-order valence-corrected chi connectivity index (χ1v) is 12.2. The highest BCUT2D eigenvalue weighted by Crippen LogP contribution is 2.10. The van der Waals surface area contributed by atoms with Gasteiger partial charge in [-0.1, -0.05) is 48.0 Å². The van der Waals surface area contributed by atoms with E-state index in [9.17, 15) is 24.0 Å². The van der Waals surface area contributed by atoms with Crippen molar-refractivity contribution in [3.05, 3.63) is 0 Å². The van der Waals surface area contributed by atoms with Crippen LogP contribution < -0.4 is 21.3 Å². The summed E-state index contributed by atoms with van der Waals surface area (Å²) >= 11 is 0. The zero-order chi connectivity index (χ0) is 26.3. The Morgan fingerprint density at radius 3 is 2.03 bits per heavy atom. The average Bonchev–Trinajstić information content (AvgIpc) is 2.77. The van der Waals surface area contributed by atoms with E-state index in [0.717, 1.165) is 6.42 Å². The lowest BCUT2D eigenvalue weighted by molar-refractivity contribution is -0.138. The van der Waals surface area contributed by atoms with Crippen molar-refractivity contribution in [3.63, 3.8) is 0 Å². The highest BCUT2D eigenvalue weighted by Gasteiger charge is 2.26. The SMILES string of the molecule is CCC(C)[C@H](NC(C)C)C(=O)NCC(=O)N[C@@H](CCCCNC(=O)CCC(=O)O)C(=O)C(C)C. The maximum Gasteiger partial charge on any atom is 0.303 e. The number of nitrogens with one attached hydrogen (secondary N) is 4. The normalized spacial score (nSPS) is 13.8. The Bertz CT molecular complexity index is 680. The van der Waals surface area contributed by atoms with E-state index in [1.54, 1.807) is 13.8 Å². The molecule has 0 saturated heterocycles. The van der Waals surface area contributed by atoms with E-state index in [4.69, 9.17) is 5.11 Å².